The Balaban J connectivity index is 1.42. The molecule has 50 heavy (non-hydrogen) atoms. The monoisotopic (exact) mass is 724 g/mol. The van der Waals surface area contributed by atoms with Crippen molar-refractivity contribution in [1.82, 2.24) is 23.7 Å². The van der Waals surface area contributed by atoms with Crippen molar-refractivity contribution in [3.8, 4) is 5.88 Å². The van der Waals surface area contributed by atoms with E-state index < -0.39 is 45.7 Å². The lowest BCUT2D eigenvalue weighted by Crippen LogP contribution is -2.53. The van der Waals surface area contributed by atoms with E-state index in [1.807, 2.05) is 37.3 Å². The van der Waals surface area contributed by atoms with E-state index in [4.69, 9.17) is 0 Å². The van der Waals surface area contributed by atoms with Gasteiger partial charge in [0, 0.05) is 18.5 Å². The number of nitroso groups, excluding NO2 is 1. The molecule has 0 aliphatic heterocycles. The summed E-state index contributed by atoms with van der Waals surface area (Å²) in [4.78, 5) is 42.8. The second-order valence-electron chi connectivity index (χ2n) is 13.2. The maximum absolute atomic E-state index is 14.1. The summed E-state index contributed by atoms with van der Waals surface area (Å²) in [5, 5.41) is 30.9. The Morgan fingerprint density at radius 2 is 1.82 bits per heavy atom. The highest BCUT2D eigenvalue weighted by atomic mass is 32.2. The molecular formula is C35H44N6O7S2. The molecule has 2 aromatic carbocycles. The molecule has 3 atom stereocenters. The Kier molecular flexibility index (Phi) is 12.0. The predicted octanol–water partition coefficient (Wildman–Crippen LogP) is 4.21. The van der Waals surface area contributed by atoms with E-state index in [0.717, 1.165) is 34.4 Å². The fourth-order valence-electron chi connectivity index (χ4n) is 6.21. The maximum atomic E-state index is 14.1. The van der Waals surface area contributed by atoms with Crippen molar-refractivity contribution in [2.45, 2.75) is 82.6 Å². The lowest BCUT2D eigenvalue weighted by molar-refractivity contribution is -0.127. The van der Waals surface area contributed by atoms with Crippen LogP contribution in [0.15, 0.2) is 81.0 Å². The van der Waals surface area contributed by atoms with Crippen LogP contribution in [0.1, 0.15) is 61.0 Å². The molecule has 0 unspecified atom stereocenters. The zero-order valence-corrected chi connectivity index (χ0v) is 30.0. The fourth-order valence-corrected chi connectivity index (χ4v) is 8.35. The topological polar surface area (TPSA) is 176 Å². The van der Waals surface area contributed by atoms with Gasteiger partial charge in [0.1, 0.15) is 12.6 Å². The molecule has 2 aromatic heterocycles. The molecule has 1 amide bonds. The number of thiazole rings is 1. The summed E-state index contributed by atoms with van der Waals surface area (Å²) >= 11 is 1.42. The van der Waals surface area contributed by atoms with Crippen LogP contribution in [0.4, 0.5) is 0 Å². The summed E-state index contributed by atoms with van der Waals surface area (Å²) in [5.74, 6) is -1.13. The number of aryl methyl sites for hydroxylation is 1. The van der Waals surface area contributed by atoms with Crippen molar-refractivity contribution in [2.24, 2.45) is 17.0 Å². The standard InChI is InChI=1S/C35H44N6O7S2/c1-23(2)33(41-21-32(43)40(35(41)45)19-28-22-49-24(3)37-28)34(44)38-30(16-25-8-5-4-6-9-25)31(42)20-39(18-27-10-7-11-27)50(47,48)29-14-12-26(13-15-29)17-36-46/h4-6,8-9,12-15,21-23,27,30-31,33,42-43H,7,10-11,16-20H2,1-3H3,(H,38,44)/t30-,31+,33-/m0/s1. The van der Waals surface area contributed by atoms with Crippen molar-refractivity contribution in [3.63, 3.8) is 0 Å². The highest BCUT2D eigenvalue weighted by Crippen LogP contribution is 2.30. The number of sulfonamides is 1. The predicted molar refractivity (Wildman–Crippen MR) is 190 cm³/mol. The van der Waals surface area contributed by atoms with Gasteiger partial charge in [0.15, 0.2) is 0 Å². The van der Waals surface area contributed by atoms with Crippen molar-refractivity contribution in [3.05, 3.63) is 103 Å². The summed E-state index contributed by atoms with van der Waals surface area (Å²) in [6, 6.07) is 13.2. The third-order valence-electron chi connectivity index (χ3n) is 9.15. The molecular weight excluding hydrogens is 681 g/mol. The number of carbonyl (C=O) groups excluding carboxylic acids is 1. The lowest BCUT2D eigenvalue weighted by atomic mass is 9.85. The number of aliphatic hydroxyl groups excluding tert-OH is 1. The van der Waals surface area contributed by atoms with Crippen LogP contribution in [0.2, 0.25) is 0 Å². The van der Waals surface area contributed by atoms with Crippen molar-refractivity contribution in [1.29, 1.82) is 0 Å². The number of hydrogen-bond acceptors (Lipinski definition) is 10. The molecule has 0 saturated heterocycles. The molecule has 4 aromatic rings. The molecule has 15 heteroatoms. The molecule has 5 rings (SSSR count). The number of amides is 1. The Bertz CT molecular complexity index is 1920. The molecule has 268 valence electrons. The number of benzene rings is 2. The van der Waals surface area contributed by atoms with Crippen LogP contribution in [-0.2, 0) is 34.3 Å². The first-order chi connectivity index (χ1) is 23.9. The second kappa shape index (κ2) is 16.2. The van der Waals surface area contributed by atoms with Crippen LogP contribution in [-0.4, -0.2) is 68.2 Å². The van der Waals surface area contributed by atoms with Gasteiger partial charge in [0.25, 0.3) is 0 Å². The largest absolute Gasteiger partial charge is 0.493 e. The van der Waals surface area contributed by atoms with Gasteiger partial charge in [-0.3, -0.25) is 13.9 Å². The van der Waals surface area contributed by atoms with Crippen LogP contribution in [0, 0.1) is 23.7 Å². The average molecular weight is 725 g/mol. The Morgan fingerprint density at radius 3 is 2.40 bits per heavy atom. The number of nitrogens with one attached hydrogen (secondary N) is 1. The van der Waals surface area contributed by atoms with Crippen molar-refractivity contribution in [2.75, 3.05) is 13.1 Å². The van der Waals surface area contributed by atoms with Crippen LogP contribution < -0.4 is 11.0 Å². The van der Waals surface area contributed by atoms with Gasteiger partial charge in [-0.1, -0.05) is 67.9 Å². The molecule has 1 saturated carbocycles. The van der Waals surface area contributed by atoms with Gasteiger partial charge >= 0.3 is 5.69 Å². The summed E-state index contributed by atoms with van der Waals surface area (Å²) in [7, 11) is -4.07. The molecule has 2 heterocycles. The molecule has 1 aliphatic carbocycles. The zero-order chi connectivity index (χ0) is 36.0. The maximum Gasteiger partial charge on any atom is 0.332 e. The third kappa shape index (κ3) is 8.75. The number of aliphatic hydroxyl groups is 1. The van der Waals surface area contributed by atoms with Gasteiger partial charge in [-0.25, -0.2) is 18.2 Å². The lowest BCUT2D eigenvalue weighted by Gasteiger charge is -2.35. The molecule has 0 bridgehead atoms. The van der Waals surface area contributed by atoms with Crippen LogP contribution in [0.5, 0.6) is 5.88 Å². The molecule has 3 N–H and O–H groups in total. The molecule has 1 aliphatic rings. The number of aromatic nitrogens is 3. The Labute approximate surface area is 295 Å². The summed E-state index contributed by atoms with van der Waals surface area (Å²) in [5.41, 5.74) is 1.41. The van der Waals surface area contributed by atoms with Crippen molar-refractivity contribution >= 4 is 27.3 Å². The normalized spacial score (nSPS) is 15.5. The van der Waals surface area contributed by atoms with E-state index in [0.29, 0.717) is 11.3 Å². The van der Waals surface area contributed by atoms with Gasteiger partial charge in [0.2, 0.25) is 21.8 Å². The first kappa shape index (κ1) is 37.1. The molecule has 1 fully saturated rings. The quantitative estimate of drug-likeness (QED) is 0.136. The number of imidazole rings is 1. The van der Waals surface area contributed by atoms with Gasteiger partial charge in [0.05, 0.1) is 40.5 Å². The van der Waals surface area contributed by atoms with Crippen LogP contribution in [0.25, 0.3) is 0 Å². The van der Waals surface area contributed by atoms with E-state index in [-0.39, 0.29) is 49.3 Å². The van der Waals surface area contributed by atoms with E-state index >= 15 is 0 Å². The van der Waals surface area contributed by atoms with E-state index in [1.165, 1.54) is 38.5 Å². The smallest absolute Gasteiger partial charge is 0.332 e. The first-order valence-electron chi connectivity index (χ1n) is 16.7. The zero-order valence-electron chi connectivity index (χ0n) is 28.4. The minimum Gasteiger partial charge on any atom is -0.493 e. The minimum absolute atomic E-state index is 0.0266. The average Bonchev–Trinajstić information content (AvgIpc) is 3.59. The van der Waals surface area contributed by atoms with Crippen molar-refractivity contribution < 1.29 is 23.4 Å². The molecule has 0 spiro atoms. The molecule has 0 radical (unpaired) electrons. The number of hydrogen-bond donors (Lipinski definition) is 3. The van der Waals surface area contributed by atoms with E-state index in [2.05, 4.69) is 15.5 Å². The highest BCUT2D eigenvalue weighted by Gasteiger charge is 2.36. The number of nitrogens with zero attached hydrogens (tertiary/aromatic N) is 5. The second-order valence-corrected chi connectivity index (χ2v) is 16.2. The fraction of sp³-hybridized carbons (Fsp3) is 0.457. The van der Waals surface area contributed by atoms with Gasteiger partial charge in [-0.05, 0) is 61.3 Å². The SMILES string of the molecule is Cc1nc(Cn2c(O)cn([C@H](C(=O)N[C@@H](Cc3ccccc3)[C@H](O)CN(CC3CCC3)S(=O)(=O)c3ccc(CN=O)cc3)C(C)C)c2=O)cs1. The first-order valence-corrected chi connectivity index (χ1v) is 19.0. The number of aromatic hydroxyl groups is 1. The Morgan fingerprint density at radius 1 is 1.12 bits per heavy atom. The van der Waals surface area contributed by atoms with Gasteiger partial charge in [-0.2, -0.15) is 9.21 Å². The van der Waals surface area contributed by atoms with E-state index in [1.54, 1.807) is 31.4 Å². The minimum atomic E-state index is -4.07. The van der Waals surface area contributed by atoms with Gasteiger partial charge < -0.3 is 15.5 Å². The van der Waals surface area contributed by atoms with Crippen LogP contribution in [0.3, 0.4) is 0 Å². The summed E-state index contributed by atoms with van der Waals surface area (Å²) < 4.78 is 31.6. The number of rotatable bonds is 17. The summed E-state index contributed by atoms with van der Waals surface area (Å²) in [6.07, 6.45) is 2.83. The molecule has 13 nitrogen and oxygen atoms in total. The highest BCUT2D eigenvalue weighted by molar-refractivity contribution is 7.89. The van der Waals surface area contributed by atoms with E-state index in [9.17, 15) is 33.1 Å². The van der Waals surface area contributed by atoms with Gasteiger partial charge in [-0.15, -0.1) is 11.3 Å². The number of carbonyl (C=O) groups is 1. The van der Waals surface area contributed by atoms with Crippen LogP contribution >= 0.6 is 11.3 Å². The Hall–Kier alpha value is -4.18. The summed E-state index contributed by atoms with van der Waals surface area (Å²) in [6.45, 7) is 5.27. The third-order valence-corrected chi connectivity index (χ3v) is 11.8.